The molecule has 1 rings (SSSR count). The van der Waals surface area contributed by atoms with Gasteiger partial charge in [0.2, 0.25) is 0 Å². The van der Waals surface area contributed by atoms with Crippen molar-refractivity contribution in [2.75, 3.05) is 12.5 Å². The molecule has 0 aliphatic carbocycles. The zero-order valence-electron chi connectivity index (χ0n) is 28.5. The summed E-state index contributed by atoms with van der Waals surface area (Å²) in [5, 5.41) is 0. The first-order valence-corrected chi connectivity index (χ1v) is 19.5. The highest BCUT2D eigenvalue weighted by Gasteiger charge is 2.40. The van der Waals surface area contributed by atoms with Gasteiger partial charge in [0.25, 0.3) is 0 Å². The summed E-state index contributed by atoms with van der Waals surface area (Å²) in [6.07, 6.45) is 48.0. The van der Waals surface area contributed by atoms with Crippen LogP contribution in [-0.2, 0) is 9.47 Å². The molecule has 2 nitrogen and oxygen atoms in total. The third-order valence-corrected chi connectivity index (χ3v) is 9.32. The first-order chi connectivity index (χ1) is 20.8. The Morgan fingerprint density at radius 1 is 0.500 bits per heavy atom. The van der Waals surface area contributed by atoms with Crippen LogP contribution in [0.25, 0.3) is 0 Å². The van der Waals surface area contributed by atoms with Gasteiger partial charge in [0.1, 0.15) is 0 Å². The Hall–Kier alpha value is -0.310. The largest absolute Gasteiger partial charge is 0.347 e. The maximum atomic E-state index is 6.37. The molecule has 0 N–H and O–H groups in total. The molecule has 0 bridgehead atoms. The van der Waals surface area contributed by atoms with E-state index in [1.54, 1.807) is 0 Å². The fourth-order valence-electron chi connectivity index (χ4n) is 6.19. The molecule has 0 aromatic carbocycles. The van der Waals surface area contributed by atoms with Crippen molar-refractivity contribution in [1.29, 1.82) is 0 Å². The smallest absolute Gasteiger partial charge is 0.168 e. The Balaban J connectivity index is 2.01. The Morgan fingerprint density at radius 3 is 1.17 bits per heavy atom. The van der Waals surface area contributed by atoms with Crippen molar-refractivity contribution in [2.45, 2.75) is 212 Å². The summed E-state index contributed by atoms with van der Waals surface area (Å²) >= 11 is 6.12. The van der Waals surface area contributed by atoms with Crippen LogP contribution in [0.3, 0.4) is 0 Å². The molecule has 2 atom stereocenters. The van der Waals surface area contributed by atoms with Crippen molar-refractivity contribution < 1.29 is 9.47 Å². The molecule has 248 valence electrons. The van der Waals surface area contributed by atoms with Gasteiger partial charge in [-0.15, -0.1) is 11.6 Å². The molecule has 1 aliphatic rings. The van der Waals surface area contributed by atoms with Crippen LogP contribution in [0, 0.1) is 0 Å². The minimum absolute atomic E-state index is 0.0742. The summed E-state index contributed by atoms with van der Waals surface area (Å²) in [5.74, 6) is 0.185. The second-order valence-electron chi connectivity index (χ2n) is 13.1. The van der Waals surface area contributed by atoms with Crippen LogP contribution in [0.15, 0.2) is 24.3 Å². The molecule has 3 heteroatoms. The fourth-order valence-corrected chi connectivity index (χ4v) is 6.34. The highest BCUT2D eigenvalue weighted by atomic mass is 35.5. The predicted octanol–water partition coefficient (Wildman–Crippen LogP) is 13.8. The Kier molecular flexibility index (Phi) is 29.0. The van der Waals surface area contributed by atoms with Crippen molar-refractivity contribution in [3.05, 3.63) is 24.3 Å². The molecule has 1 aliphatic heterocycles. The SMILES string of the molecule is CCCCCCC/C=C\CCCCCCCCC1(CCCCCCCC/C=C\CCCCCCCC)OC[C@@H](CCl)O1. The van der Waals surface area contributed by atoms with E-state index in [9.17, 15) is 0 Å². The summed E-state index contributed by atoms with van der Waals surface area (Å²) in [7, 11) is 0. The number of hydrogen-bond donors (Lipinski definition) is 0. The zero-order valence-corrected chi connectivity index (χ0v) is 29.3. The Bertz CT molecular complexity index is 603. The number of hydrogen-bond acceptors (Lipinski definition) is 2. The highest BCUT2D eigenvalue weighted by Crippen LogP contribution is 2.35. The van der Waals surface area contributed by atoms with Crippen molar-refractivity contribution >= 4 is 11.6 Å². The third kappa shape index (κ3) is 24.1. The van der Waals surface area contributed by atoms with Crippen molar-refractivity contribution in [3.8, 4) is 0 Å². The average molecular weight is 609 g/mol. The van der Waals surface area contributed by atoms with E-state index >= 15 is 0 Å². The van der Waals surface area contributed by atoms with Gasteiger partial charge >= 0.3 is 0 Å². The topological polar surface area (TPSA) is 18.5 Å². The molecule has 1 fully saturated rings. The Morgan fingerprint density at radius 2 is 0.833 bits per heavy atom. The van der Waals surface area contributed by atoms with Gasteiger partial charge in [0.05, 0.1) is 18.6 Å². The second kappa shape index (κ2) is 30.7. The van der Waals surface area contributed by atoms with Crippen LogP contribution in [0.5, 0.6) is 0 Å². The molecule has 0 aromatic rings. The molecule has 1 saturated heterocycles. The van der Waals surface area contributed by atoms with Crippen LogP contribution in [-0.4, -0.2) is 24.4 Å². The van der Waals surface area contributed by atoms with E-state index in [1.807, 2.05) is 0 Å². The first kappa shape index (κ1) is 39.7. The maximum absolute atomic E-state index is 6.37. The number of unbranched alkanes of at least 4 members (excludes halogenated alkanes) is 23. The molecular weight excluding hydrogens is 536 g/mol. The van der Waals surface area contributed by atoms with Crippen LogP contribution in [0.4, 0.5) is 0 Å². The van der Waals surface area contributed by atoms with Gasteiger partial charge in [-0.2, -0.15) is 0 Å². The molecular formula is C39H73ClO2. The number of allylic oxidation sites excluding steroid dienone is 4. The lowest BCUT2D eigenvalue weighted by Gasteiger charge is -2.28. The maximum Gasteiger partial charge on any atom is 0.168 e. The van der Waals surface area contributed by atoms with E-state index in [1.165, 1.54) is 173 Å². The minimum atomic E-state index is -0.359. The monoisotopic (exact) mass is 609 g/mol. The standard InChI is InChI=1S/C39H73ClO2/c1-3-5-7-9-11-13-15-17-19-21-23-25-27-29-31-33-35-39(41-37-38(36-40)42-39)34-32-30-28-26-24-22-20-18-16-14-12-10-8-6-4-2/h16-19,38H,3-15,20-37H2,1-2H3/b18-16-,19-17-/t38-,39?/m1/s1. The molecule has 0 amide bonds. The summed E-state index contributed by atoms with van der Waals surface area (Å²) in [6, 6.07) is 0. The Labute approximate surface area is 269 Å². The van der Waals surface area contributed by atoms with Gasteiger partial charge in [0, 0.05) is 12.8 Å². The van der Waals surface area contributed by atoms with Crippen LogP contribution >= 0.6 is 11.6 Å². The molecule has 42 heavy (non-hydrogen) atoms. The molecule has 1 unspecified atom stereocenters. The number of alkyl halides is 1. The van der Waals surface area contributed by atoms with Crippen molar-refractivity contribution in [3.63, 3.8) is 0 Å². The van der Waals surface area contributed by atoms with Crippen LogP contribution < -0.4 is 0 Å². The third-order valence-electron chi connectivity index (χ3n) is 8.97. The van der Waals surface area contributed by atoms with E-state index in [0.717, 1.165) is 12.8 Å². The molecule has 0 aromatic heterocycles. The summed E-state index contributed by atoms with van der Waals surface area (Å²) in [6.45, 7) is 5.24. The van der Waals surface area contributed by atoms with Crippen molar-refractivity contribution in [1.82, 2.24) is 0 Å². The van der Waals surface area contributed by atoms with Crippen LogP contribution in [0.1, 0.15) is 200 Å². The average Bonchev–Trinajstić information content (AvgIpc) is 3.42. The normalized spacial score (nSPS) is 19.2. The van der Waals surface area contributed by atoms with E-state index in [4.69, 9.17) is 21.1 Å². The summed E-state index contributed by atoms with van der Waals surface area (Å²) < 4.78 is 12.6. The fraction of sp³-hybridized carbons (Fsp3) is 0.897. The predicted molar refractivity (Wildman–Crippen MR) is 188 cm³/mol. The van der Waals surface area contributed by atoms with Gasteiger partial charge < -0.3 is 9.47 Å². The van der Waals surface area contributed by atoms with E-state index in [0.29, 0.717) is 12.5 Å². The van der Waals surface area contributed by atoms with Gasteiger partial charge in [-0.3, -0.25) is 0 Å². The summed E-state index contributed by atoms with van der Waals surface area (Å²) in [5.41, 5.74) is 0. The number of ether oxygens (including phenoxy) is 2. The van der Waals surface area contributed by atoms with Gasteiger partial charge in [0.15, 0.2) is 5.79 Å². The quantitative estimate of drug-likeness (QED) is 0.0429. The lowest BCUT2D eigenvalue weighted by atomic mass is 9.98. The van der Waals surface area contributed by atoms with E-state index in [-0.39, 0.29) is 11.9 Å². The van der Waals surface area contributed by atoms with Gasteiger partial charge in [-0.25, -0.2) is 0 Å². The van der Waals surface area contributed by atoms with Gasteiger partial charge in [-0.05, 0) is 64.2 Å². The number of rotatable bonds is 32. The lowest BCUT2D eigenvalue weighted by Crippen LogP contribution is -2.31. The lowest BCUT2D eigenvalue weighted by molar-refractivity contribution is -0.177. The molecule has 0 spiro atoms. The molecule has 1 heterocycles. The minimum Gasteiger partial charge on any atom is -0.347 e. The van der Waals surface area contributed by atoms with Crippen LogP contribution in [0.2, 0.25) is 0 Å². The molecule has 0 radical (unpaired) electrons. The second-order valence-corrected chi connectivity index (χ2v) is 13.4. The zero-order chi connectivity index (χ0) is 30.2. The highest BCUT2D eigenvalue weighted by molar-refractivity contribution is 6.18. The van der Waals surface area contributed by atoms with E-state index < -0.39 is 0 Å². The van der Waals surface area contributed by atoms with Crippen molar-refractivity contribution in [2.24, 2.45) is 0 Å². The molecule has 0 saturated carbocycles. The number of halogens is 1. The first-order valence-electron chi connectivity index (χ1n) is 18.9. The van der Waals surface area contributed by atoms with E-state index in [2.05, 4.69) is 38.2 Å². The summed E-state index contributed by atoms with van der Waals surface area (Å²) in [4.78, 5) is 0. The van der Waals surface area contributed by atoms with Gasteiger partial charge in [-0.1, -0.05) is 147 Å².